The van der Waals surface area contributed by atoms with Gasteiger partial charge in [-0.3, -0.25) is 4.79 Å². The van der Waals surface area contributed by atoms with Crippen LogP contribution in [-0.2, 0) is 0 Å². The molecule has 0 fully saturated rings. The van der Waals surface area contributed by atoms with Crippen molar-refractivity contribution in [2.75, 3.05) is 18.0 Å². The van der Waals surface area contributed by atoms with Crippen LogP contribution in [0.3, 0.4) is 0 Å². The van der Waals surface area contributed by atoms with Gasteiger partial charge in [0.2, 0.25) is 0 Å². The van der Waals surface area contributed by atoms with Crippen LogP contribution in [0.5, 0.6) is 5.75 Å². The number of halogens is 1. The number of carbonyl (C=O) groups is 1. The highest BCUT2D eigenvalue weighted by atomic mass is 35.5. The molecule has 0 bridgehead atoms. The normalized spacial score (nSPS) is 11.0. The Hall–Kier alpha value is -2.00. The standard InChI is InChI=1S/C29H42ClNO2/c1-3-5-7-9-11-13-21-31(22-14-12-10-8-6-4-2)26-18-15-24(16-19-26)29(33)27-23-25(30)17-20-28(27)32/h15-20,23,32H,3-14,21-22H2,1-2H3. The third-order valence-electron chi connectivity index (χ3n) is 6.26. The Labute approximate surface area is 206 Å². The molecule has 0 saturated heterocycles. The maximum Gasteiger partial charge on any atom is 0.196 e. The molecule has 3 nitrogen and oxygen atoms in total. The van der Waals surface area contributed by atoms with Crippen molar-refractivity contribution in [1.82, 2.24) is 0 Å². The van der Waals surface area contributed by atoms with Gasteiger partial charge in [0.1, 0.15) is 5.75 Å². The molecule has 0 aliphatic heterocycles. The maximum atomic E-state index is 12.9. The number of phenols is 1. The number of benzene rings is 2. The predicted molar refractivity (Wildman–Crippen MR) is 142 cm³/mol. The Balaban J connectivity index is 1.99. The first-order valence-corrected chi connectivity index (χ1v) is 13.3. The highest BCUT2D eigenvalue weighted by Crippen LogP contribution is 2.26. The van der Waals surface area contributed by atoms with E-state index in [-0.39, 0.29) is 17.1 Å². The summed E-state index contributed by atoms with van der Waals surface area (Å²) in [5.41, 5.74) is 1.98. The third-order valence-corrected chi connectivity index (χ3v) is 6.50. The van der Waals surface area contributed by atoms with Gasteiger partial charge in [-0.15, -0.1) is 0 Å². The molecule has 0 amide bonds. The zero-order valence-corrected chi connectivity index (χ0v) is 21.4. The maximum absolute atomic E-state index is 12.9. The molecule has 2 rings (SSSR count). The average Bonchev–Trinajstić information content (AvgIpc) is 2.83. The Morgan fingerprint density at radius 2 is 1.27 bits per heavy atom. The molecule has 4 heteroatoms. The number of anilines is 1. The molecule has 0 aliphatic rings. The lowest BCUT2D eigenvalue weighted by atomic mass is 10.0. The summed E-state index contributed by atoms with van der Waals surface area (Å²) >= 11 is 6.02. The van der Waals surface area contributed by atoms with E-state index < -0.39 is 0 Å². The number of unbranched alkanes of at least 4 members (excludes halogenated alkanes) is 10. The van der Waals surface area contributed by atoms with Gasteiger partial charge in [-0.05, 0) is 55.3 Å². The van der Waals surface area contributed by atoms with Gasteiger partial charge < -0.3 is 10.0 Å². The van der Waals surface area contributed by atoms with Gasteiger partial charge in [-0.25, -0.2) is 0 Å². The molecule has 0 spiro atoms. The van der Waals surface area contributed by atoms with Crippen molar-refractivity contribution in [3.63, 3.8) is 0 Å². The van der Waals surface area contributed by atoms with Crippen molar-refractivity contribution < 1.29 is 9.90 Å². The summed E-state index contributed by atoms with van der Waals surface area (Å²) < 4.78 is 0. The molecule has 0 unspecified atom stereocenters. The molecule has 0 atom stereocenters. The number of nitrogens with zero attached hydrogens (tertiary/aromatic N) is 1. The highest BCUT2D eigenvalue weighted by molar-refractivity contribution is 6.31. The first-order chi connectivity index (χ1) is 16.1. The molecule has 182 valence electrons. The van der Waals surface area contributed by atoms with E-state index in [1.165, 1.54) is 94.9 Å². The Kier molecular flexibility index (Phi) is 13.0. The lowest BCUT2D eigenvalue weighted by Crippen LogP contribution is -2.25. The van der Waals surface area contributed by atoms with Crippen LogP contribution in [0.25, 0.3) is 0 Å². The number of hydrogen-bond acceptors (Lipinski definition) is 3. The first-order valence-electron chi connectivity index (χ1n) is 12.9. The minimum atomic E-state index is -0.208. The monoisotopic (exact) mass is 471 g/mol. The predicted octanol–water partition coefficient (Wildman–Crippen LogP) is 8.80. The fourth-order valence-electron chi connectivity index (χ4n) is 4.21. The van der Waals surface area contributed by atoms with E-state index in [1.54, 1.807) is 6.07 Å². The van der Waals surface area contributed by atoms with Gasteiger partial charge in [0.05, 0.1) is 5.56 Å². The second-order valence-electron chi connectivity index (χ2n) is 9.06. The fraction of sp³-hybridized carbons (Fsp3) is 0.552. The Morgan fingerprint density at radius 1 is 0.758 bits per heavy atom. The van der Waals surface area contributed by atoms with Crippen LogP contribution in [0, 0.1) is 0 Å². The number of carbonyl (C=O) groups excluding carboxylic acids is 1. The zero-order valence-electron chi connectivity index (χ0n) is 20.6. The number of aromatic hydroxyl groups is 1. The van der Waals surface area contributed by atoms with Crippen molar-refractivity contribution >= 4 is 23.1 Å². The summed E-state index contributed by atoms with van der Waals surface area (Å²) in [4.78, 5) is 15.3. The second kappa shape index (κ2) is 15.8. The summed E-state index contributed by atoms with van der Waals surface area (Å²) in [6, 6.07) is 12.4. The lowest BCUT2D eigenvalue weighted by Gasteiger charge is -2.25. The molecule has 0 saturated carbocycles. The first kappa shape index (κ1) is 27.2. The van der Waals surface area contributed by atoms with Crippen LogP contribution < -0.4 is 4.90 Å². The van der Waals surface area contributed by atoms with E-state index in [4.69, 9.17) is 11.6 Å². The minimum absolute atomic E-state index is 0.0405. The van der Waals surface area contributed by atoms with Gasteiger partial charge in [-0.1, -0.05) is 89.7 Å². The van der Waals surface area contributed by atoms with Crippen molar-refractivity contribution in [3.05, 3.63) is 58.6 Å². The fourth-order valence-corrected chi connectivity index (χ4v) is 4.38. The Bertz CT molecular complexity index is 803. The number of rotatable bonds is 17. The summed E-state index contributed by atoms with van der Waals surface area (Å²) in [5.74, 6) is -0.249. The van der Waals surface area contributed by atoms with E-state index in [9.17, 15) is 9.90 Å². The molecule has 0 radical (unpaired) electrons. The number of hydrogen-bond donors (Lipinski definition) is 1. The molecule has 0 aliphatic carbocycles. The molecule has 2 aromatic carbocycles. The van der Waals surface area contributed by atoms with Crippen molar-refractivity contribution in [2.24, 2.45) is 0 Å². The minimum Gasteiger partial charge on any atom is -0.507 e. The van der Waals surface area contributed by atoms with Crippen LogP contribution in [0.4, 0.5) is 5.69 Å². The lowest BCUT2D eigenvalue weighted by molar-refractivity contribution is 0.103. The van der Waals surface area contributed by atoms with Crippen molar-refractivity contribution in [3.8, 4) is 5.75 Å². The topological polar surface area (TPSA) is 40.5 Å². The van der Waals surface area contributed by atoms with Crippen molar-refractivity contribution in [1.29, 1.82) is 0 Å². The smallest absolute Gasteiger partial charge is 0.196 e. The highest BCUT2D eigenvalue weighted by Gasteiger charge is 2.15. The summed E-state index contributed by atoms with van der Waals surface area (Å²) in [7, 11) is 0. The van der Waals surface area contributed by atoms with Crippen LogP contribution in [0.15, 0.2) is 42.5 Å². The molecule has 33 heavy (non-hydrogen) atoms. The van der Waals surface area contributed by atoms with Crippen LogP contribution in [-0.4, -0.2) is 24.0 Å². The molecule has 0 aromatic heterocycles. The molecular formula is C29H42ClNO2. The summed E-state index contributed by atoms with van der Waals surface area (Å²) in [5, 5.41) is 10.5. The molecular weight excluding hydrogens is 430 g/mol. The summed E-state index contributed by atoms with van der Waals surface area (Å²) in [6.45, 7) is 6.63. The van der Waals surface area contributed by atoms with Crippen LogP contribution in [0.1, 0.15) is 107 Å². The van der Waals surface area contributed by atoms with Gasteiger partial charge in [0, 0.05) is 29.4 Å². The summed E-state index contributed by atoms with van der Waals surface area (Å²) in [6.07, 6.45) is 15.5. The van der Waals surface area contributed by atoms with E-state index in [1.807, 2.05) is 24.3 Å². The average molecular weight is 472 g/mol. The third kappa shape index (κ3) is 9.80. The SMILES string of the molecule is CCCCCCCCN(CCCCCCCC)c1ccc(C(=O)c2cc(Cl)ccc2O)cc1. The number of ketones is 1. The zero-order chi connectivity index (χ0) is 23.9. The van der Waals surface area contributed by atoms with Crippen LogP contribution in [0.2, 0.25) is 5.02 Å². The molecule has 1 N–H and O–H groups in total. The quantitative estimate of drug-likeness (QED) is 0.185. The van der Waals surface area contributed by atoms with E-state index in [2.05, 4.69) is 18.7 Å². The van der Waals surface area contributed by atoms with Gasteiger partial charge in [0.25, 0.3) is 0 Å². The Morgan fingerprint density at radius 3 is 1.82 bits per heavy atom. The molecule has 2 aromatic rings. The van der Waals surface area contributed by atoms with E-state index in [0.717, 1.165) is 13.1 Å². The van der Waals surface area contributed by atoms with Gasteiger partial charge in [-0.2, -0.15) is 0 Å². The van der Waals surface area contributed by atoms with Crippen molar-refractivity contribution in [2.45, 2.75) is 90.9 Å². The van der Waals surface area contributed by atoms with E-state index >= 15 is 0 Å². The van der Waals surface area contributed by atoms with Gasteiger partial charge in [0.15, 0.2) is 5.78 Å². The second-order valence-corrected chi connectivity index (χ2v) is 9.50. The largest absolute Gasteiger partial charge is 0.507 e. The van der Waals surface area contributed by atoms with E-state index in [0.29, 0.717) is 10.6 Å². The van der Waals surface area contributed by atoms with Gasteiger partial charge >= 0.3 is 0 Å². The van der Waals surface area contributed by atoms with Crippen LogP contribution >= 0.6 is 11.6 Å². The number of phenolic OH excluding ortho intramolecular Hbond substituents is 1. The molecule has 0 heterocycles.